The third-order valence-corrected chi connectivity index (χ3v) is 8.18. The van der Waals surface area contributed by atoms with Crippen LogP contribution in [0.2, 0.25) is 0 Å². The molecule has 2 aliphatic rings. The second kappa shape index (κ2) is 9.34. The number of allylic oxidation sites excluding steroid dienone is 2. The quantitative estimate of drug-likeness (QED) is 0.410. The third-order valence-electron chi connectivity index (χ3n) is 7.07. The van der Waals surface area contributed by atoms with Gasteiger partial charge < -0.3 is 9.47 Å². The minimum absolute atomic E-state index is 0.149. The number of fused-ring (bicyclic) bond motifs is 3. The van der Waals surface area contributed by atoms with Crippen LogP contribution in [0.4, 0.5) is 0 Å². The lowest BCUT2D eigenvalue weighted by Crippen LogP contribution is -2.38. The van der Waals surface area contributed by atoms with Crippen molar-refractivity contribution in [3.8, 4) is 5.75 Å². The van der Waals surface area contributed by atoms with Crippen molar-refractivity contribution in [3.63, 3.8) is 0 Å². The van der Waals surface area contributed by atoms with Crippen molar-refractivity contribution in [3.05, 3.63) is 59.9 Å². The second-order valence-electron chi connectivity index (χ2n) is 9.50. The van der Waals surface area contributed by atoms with Gasteiger partial charge in [-0.3, -0.25) is 10.00 Å². The summed E-state index contributed by atoms with van der Waals surface area (Å²) in [6, 6.07) is 9.39. The summed E-state index contributed by atoms with van der Waals surface area (Å²) in [6.45, 7) is 4.84. The predicted molar refractivity (Wildman–Crippen MR) is 137 cm³/mol. The van der Waals surface area contributed by atoms with Gasteiger partial charge in [-0.2, -0.15) is 5.10 Å². The van der Waals surface area contributed by atoms with E-state index in [0.29, 0.717) is 11.5 Å². The SMILES string of the molecule is CS(=O)(=O)c1cccc(C2C=C(c3cc(OCCN4CCOCC4)cn4nc5[nH]ncc5c34)CC2)c1. The van der Waals surface area contributed by atoms with E-state index in [1.54, 1.807) is 12.1 Å². The number of aromatic nitrogens is 4. The maximum Gasteiger partial charge on any atom is 0.178 e. The normalized spacial score (nSPS) is 19.2. The number of nitrogens with one attached hydrogen (secondary N) is 1. The van der Waals surface area contributed by atoms with Gasteiger partial charge in [0, 0.05) is 37.4 Å². The summed E-state index contributed by atoms with van der Waals surface area (Å²) in [6.07, 6.45) is 9.04. The molecule has 36 heavy (non-hydrogen) atoms. The van der Waals surface area contributed by atoms with E-state index in [4.69, 9.17) is 9.47 Å². The number of benzene rings is 1. The van der Waals surface area contributed by atoms with Gasteiger partial charge in [0.2, 0.25) is 0 Å². The molecule has 0 radical (unpaired) electrons. The number of hydrogen-bond acceptors (Lipinski definition) is 7. The summed E-state index contributed by atoms with van der Waals surface area (Å²) < 4.78 is 37.6. The lowest BCUT2D eigenvalue weighted by Gasteiger charge is -2.26. The fourth-order valence-corrected chi connectivity index (χ4v) is 5.84. The van der Waals surface area contributed by atoms with Crippen molar-refractivity contribution < 1.29 is 17.9 Å². The topological polar surface area (TPSA) is 102 Å². The Hall–Kier alpha value is -3.21. The zero-order valence-electron chi connectivity index (χ0n) is 20.2. The molecular weight excluding hydrogens is 478 g/mol. The third kappa shape index (κ3) is 4.52. The lowest BCUT2D eigenvalue weighted by atomic mass is 9.99. The molecule has 1 aliphatic carbocycles. The average Bonchev–Trinajstić information content (AvgIpc) is 3.60. The van der Waals surface area contributed by atoms with Gasteiger partial charge in [0.05, 0.1) is 41.4 Å². The van der Waals surface area contributed by atoms with E-state index in [9.17, 15) is 8.42 Å². The molecular formula is C26H29N5O4S. The van der Waals surface area contributed by atoms with Gasteiger partial charge in [-0.05, 0) is 42.2 Å². The van der Waals surface area contributed by atoms with Crippen molar-refractivity contribution >= 4 is 32.0 Å². The van der Waals surface area contributed by atoms with Gasteiger partial charge >= 0.3 is 0 Å². The summed E-state index contributed by atoms with van der Waals surface area (Å²) >= 11 is 0. The molecule has 1 saturated heterocycles. The first-order valence-corrected chi connectivity index (χ1v) is 14.1. The molecule has 1 fully saturated rings. The Labute approximate surface area is 209 Å². The Morgan fingerprint density at radius 3 is 2.92 bits per heavy atom. The summed E-state index contributed by atoms with van der Waals surface area (Å²) in [5.41, 5.74) is 5.03. The average molecular weight is 508 g/mol. The number of ether oxygens (including phenoxy) is 2. The molecule has 0 saturated carbocycles. The van der Waals surface area contributed by atoms with Crippen molar-refractivity contribution in [2.45, 2.75) is 23.7 Å². The summed E-state index contributed by atoms with van der Waals surface area (Å²) in [7, 11) is -3.25. The molecule has 1 N–H and O–H groups in total. The van der Waals surface area contributed by atoms with E-state index in [2.05, 4.69) is 32.3 Å². The molecule has 9 nitrogen and oxygen atoms in total. The zero-order valence-corrected chi connectivity index (χ0v) is 21.0. The Morgan fingerprint density at radius 2 is 2.08 bits per heavy atom. The van der Waals surface area contributed by atoms with Crippen LogP contribution in [0.1, 0.15) is 29.9 Å². The highest BCUT2D eigenvalue weighted by Crippen LogP contribution is 2.41. The molecule has 1 atom stereocenters. The molecule has 10 heteroatoms. The van der Waals surface area contributed by atoms with Crippen LogP contribution in [0.15, 0.2) is 53.7 Å². The van der Waals surface area contributed by atoms with Gasteiger partial charge in [-0.1, -0.05) is 18.2 Å². The highest BCUT2D eigenvalue weighted by molar-refractivity contribution is 7.90. The molecule has 1 aliphatic heterocycles. The highest BCUT2D eigenvalue weighted by atomic mass is 32.2. The molecule has 0 bridgehead atoms. The molecule has 4 aromatic rings. The van der Waals surface area contributed by atoms with E-state index in [1.165, 1.54) is 11.8 Å². The highest BCUT2D eigenvalue weighted by Gasteiger charge is 2.24. The summed E-state index contributed by atoms with van der Waals surface area (Å²) in [5, 5.41) is 12.8. The van der Waals surface area contributed by atoms with Gasteiger partial charge in [0.1, 0.15) is 12.4 Å². The molecule has 1 unspecified atom stereocenters. The molecule has 0 amide bonds. The minimum Gasteiger partial charge on any atom is -0.491 e. The van der Waals surface area contributed by atoms with E-state index < -0.39 is 9.84 Å². The number of H-pyrrole nitrogens is 1. The van der Waals surface area contributed by atoms with Crippen LogP contribution < -0.4 is 4.74 Å². The van der Waals surface area contributed by atoms with E-state index in [0.717, 1.165) is 79.1 Å². The van der Waals surface area contributed by atoms with E-state index in [1.807, 2.05) is 29.0 Å². The van der Waals surface area contributed by atoms with Crippen molar-refractivity contribution in [2.75, 3.05) is 45.7 Å². The molecule has 188 valence electrons. The van der Waals surface area contributed by atoms with Gasteiger partial charge in [0.15, 0.2) is 15.5 Å². The molecule has 3 aromatic heterocycles. The largest absolute Gasteiger partial charge is 0.491 e. The van der Waals surface area contributed by atoms with Crippen LogP contribution in [0.25, 0.3) is 22.1 Å². The Morgan fingerprint density at radius 1 is 1.22 bits per heavy atom. The Balaban J connectivity index is 1.32. The standard InChI is InChI=1S/C26H29N5O4S/c1-36(32,33)22-4-2-3-18(14-22)19-5-6-20(13-19)23-15-21(35-12-9-30-7-10-34-11-8-30)17-31-25(23)24-16-27-28-26(24)29-31/h2-4,13-17,19H,5-12H2,1H3,(H,28,29). The maximum absolute atomic E-state index is 12.1. The lowest BCUT2D eigenvalue weighted by molar-refractivity contribution is 0.0322. The van der Waals surface area contributed by atoms with Crippen LogP contribution in [0, 0.1) is 0 Å². The predicted octanol–water partition coefficient (Wildman–Crippen LogP) is 3.29. The molecule has 6 rings (SSSR count). The van der Waals surface area contributed by atoms with E-state index in [-0.39, 0.29) is 5.92 Å². The number of hydrogen-bond donors (Lipinski definition) is 1. The first kappa shape index (κ1) is 23.2. The minimum atomic E-state index is -3.25. The summed E-state index contributed by atoms with van der Waals surface area (Å²) in [4.78, 5) is 2.70. The number of sulfone groups is 1. The van der Waals surface area contributed by atoms with Crippen LogP contribution in [-0.2, 0) is 14.6 Å². The number of rotatable bonds is 7. The number of morpholine rings is 1. The Kier molecular flexibility index (Phi) is 6.02. The second-order valence-corrected chi connectivity index (χ2v) is 11.5. The number of aromatic amines is 1. The van der Waals surface area contributed by atoms with Crippen LogP contribution >= 0.6 is 0 Å². The monoisotopic (exact) mass is 507 g/mol. The van der Waals surface area contributed by atoms with E-state index >= 15 is 0 Å². The number of nitrogens with zero attached hydrogens (tertiary/aromatic N) is 4. The maximum atomic E-state index is 12.1. The van der Waals surface area contributed by atoms with Crippen molar-refractivity contribution in [1.82, 2.24) is 24.7 Å². The van der Waals surface area contributed by atoms with Crippen molar-refractivity contribution in [1.29, 1.82) is 0 Å². The molecule has 4 heterocycles. The zero-order chi connectivity index (χ0) is 24.7. The van der Waals surface area contributed by atoms with Gasteiger partial charge in [0.25, 0.3) is 0 Å². The van der Waals surface area contributed by atoms with Gasteiger partial charge in [-0.15, -0.1) is 5.10 Å². The first-order valence-electron chi connectivity index (χ1n) is 12.3. The van der Waals surface area contributed by atoms with Crippen LogP contribution in [0.5, 0.6) is 5.75 Å². The Bertz CT molecular complexity index is 1550. The smallest absolute Gasteiger partial charge is 0.178 e. The fraction of sp³-hybridized carbons (Fsp3) is 0.385. The van der Waals surface area contributed by atoms with Crippen molar-refractivity contribution in [2.24, 2.45) is 0 Å². The number of pyridine rings is 1. The van der Waals surface area contributed by atoms with Crippen LogP contribution in [0.3, 0.4) is 0 Å². The van der Waals surface area contributed by atoms with Crippen LogP contribution in [-0.4, -0.2) is 78.8 Å². The molecule has 0 spiro atoms. The summed E-state index contributed by atoms with van der Waals surface area (Å²) in [5.74, 6) is 0.919. The molecule has 1 aromatic carbocycles. The first-order chi connectivity index (χ1) is 17.5. The fourth-order valence-electron chi connectivity index (χ4n) is 5.17. The van der Waals surface area contributed by atoms with Gasteiger partial charge in [-0.25, -0.2) is 12.9 Å².